The van der Waals surface area contributed by atoms with Crippen molar-refractivity contribution in [3.63, 3.8) is 0 Å². The standard InChI is InChI=1S/C29H26ClN3O5/c1-4-13-38-29(37)22-7-5-6-8-23(22)33-27(35)24(30)25(28(33)36)31-20-11-9-19(10-12-20)26(34)32-21-15-17(2)14-18(3)16-21/h5-12,14-16,31H,4,13H2,1-3H3,(H,32,34). The number of amides is 3. The Balaban J connectivity index is 1.50. The molecule has 9 heteroatoms. The van der Waals surface area contributed by atoms with Crippen LogP contribution in [-0.2, 0) is 14.3 Å². The van der Waals surface area contributed by atoms with Gasteiger partial charge in [0.2, 0.25) is 0 Å². The average molecular weight is 532 g/mol. The van der Waals surface area contributed by atoms with Crippen molar-refractivity contribution in [1.29, 1.82) is 0 Å². The molecule has 0 aromatic heterocycles. The zero-order chi connectivity index (χ0) is 27.4. The number of carbonyl (C=O) groups is 4. The zero-order valence-corrected chi connectivity index (χ0v) is 21.9. The van der Waals surface area contributed by atoms with E-state index in [4.69, 9.17) is 16.3 Å². The van der Waals surface area contributed by atoms with Crippen LogP contribution in [0.5, 0.6) is 0 Å². The van der Waals surface area contributed by atoms with E-state index in [1.807, 2.05) is 39.0 Å². The lowest BCUT2D eigenvalue weighted by Gasteiger charge is -2.18. The first-order chi connectivity index (χ1) is 18.2. The Morgan fingerprint density at radius 3 is 2.21 bits per heavy atom. The van der Waals surface area contributed by atoms with Gasteiger partial charge in [-0.3, -0.25) is 14.4 Å². The fourth-order valence-electron chi connectivity index (χ4n) is 4.04. The van der Waals surface area contributed by atoms with E-state index in [0.29, 0.717) is 23.4 Å². The predicted octanol–water partition coefficient (Wildman–Crippen LogP) is 5.56. The summed E-state index contributed by atoms with van der Waals surface area (Å²) < 4.78 is 5.19. The normalized spacial score (nSPS) is 13.1. The van der Waals surface area contributed by atoms with Crippen molar-refractivity contribution in [2.24, 2.45) is 0 Å². The molecule has 2 N–H and O–H groups in total. The molecule has 0 saturated heterocycles. The third-order valence-electron chi connectivity index (χ3n) is 5.73. The second-order valence-electron chi connectivity index (χ2n) is 8.82. The number of nitrogens with one attached hydrogen (secondary N) is 2. The summed E-state index contributed by atoms with van der Waals surface area (Å²) in [4.78, 5) is 52.2. The maximum atomic E-state index is 13.2. The maximum absolute atomic E-state index is 13.2. The van der Waals surface area contributed by atoms with E-state index < -0.39 is 17.8 Å². The number of benzene rings is 3. The largest absolute Gasteiger partial charge is 0.462 e. The summed E-state index contributed by atoms with van der Waals surface area (Å²) in [6, 6.07) is 18.3. The van der Waals surface area contributed by atoms with Gasteiger partial charge in [-0.2, -0.15) is 0 Å². The Morgan fingerprint density at radius 1 is 0.895 bits per heavy atom. The maximum Gasteiger partial charge on any atom is 0.340 e. The molecule has 1 heterocycles. The molecule has 8 nitrogen and oxygen atoms in total. The molecule has 0 atom stereocenters. The molecule has 3 aromatic carbocycles. The third-order valence-corrected chi connectivity index (χ3v) is 6.08. The van der Waals surface area contributed by atoms with Crippen LogP contribution in [0.15, 0.2) is 77.5 Å². The molecular formula is C29H26ClN3O5. The molecule has 3 amide bonds. The molecule has 4 rings (SSSR count). The SMILES string of the molecule is CCCOC(=O)c1ccccc1N1C(=O)C(Cl)=C(Nc2ccc(C(=O)Nc3cc(C)cc(C)c3)cc2)C1=O. The summed E-state index contributed by atoms with van der Waals surface area (Å²) >= 11 is 6.26. The van der Waals surface area contributed by atoms with Crippen LogP contribution in [0.1, 0.15) is 45.2 Å². The smallest absolute Gasteiger partial charge is 0.340 e. The molecule has 1 aliphatic heterocycles. The number of aryl methyl sites for hydroxylation is 2. The van der Waals surface area contributed by atoms with Crippen LogP contribution >= 0.6 is 11.6 Å². The number of rotatable bonds is 8. The molecule has 0 bridgehead atoms. The monoisotopic (exact) mass is 531 g/mol. The predicted molar refractivity (Wildman–Crippen MR) is 146 cm³/mol. The van der Waals surface area contributed by atoms with Gasteiger partial charge in [-0.15, -0.1) is 0 Å². The minimum atomic E-state index is -0.764. The van der Waals surface area contributed by atoms with Gasteiger partial charge in [0.25, 0.3) is 17.7 Å². The molecule has 0 saturated carbocycles. The summed E-state index contributed by atoms with van der Waals surface area (Å²) in [7, 11) is 0. The van der Waals surface area contributed by atoms with Crippen LogP contribution < -0.4 is 15.5 Å². The number of hydrogen-bond donors (Lipinski definition) is 2. The molecule has 194 valence electrons. The summed E-state index contributed by atoms with van der Waals surface area (Å²) in [6.07, 6.45) is 0.628. The number of para-hydroxylation sites is 1. The van der Waals surface area contributed by atoms with E-state index >= 15 is 0 Å². The van der Waals surface area contributed by atoms with Gasteiger partial charge >= 0.3 is 5.97 Å². The highest BCUT2D eigenvalue weighted by molar-refractivity contribution is 6.53. The van der Waals surface area contributed by atoms with Crippen LogP contribution in [0.25, 0.3) is 0 Å². The van der Waals surface area contributed by atoms with Crippen molar-refractivity contribution in [3.8, 4) is 0 Å². The lowest BCUT2D eigenvalue weighted by atomic mass is 10.1. The van der Waals surface area contributed by atoms with Crippen molar-refractivity contribution in [2.75, 3.05) is 22.1 Å². The number of imide groups is 1. The van der Waals surface area contributed by atoms with E-state index in [1.54, 1.807) is 36.4 Å². The molecule has 1 aliphatic rings. The van der Waals surface area contributed by atoms with Gasteiger partial charge in [-0.05, 0) is 79.9 Å². The number of anilines is 3. The number of halogens is 1. The van der Waals surface area contributed by atoms with Gasteiger partial charge in [-0.1, -0.05) is 36.7 Å². The van der Waals surface area contributed by atoms with Gasteiger partial charge in [-0.25, -0.2) is 9.69 Å². The summed E-state index contributed by atoms with van der Waals surface area (Å²) in [6.45, 7) is 5.98. The molecule has 0 spiro atoms. The number of esters is 1. The highest BCUT2D eigenvalue weighted by atomic mass is 35.5. The van der Waals surface area contributed by atoms with Crippen molar-refractivity contribution < 1.29 is 23.9 Å². The summed E-state index contributed by atoms with van der Waals surface area (Å²) in [5, 5.41) is 5.43. The van der Waals surface area contributed by atoms with E-state index in [-0.39, 0.29) is 34.5 Å². The summed E-state index contributed by atoms with van der Waals surface area (Å²) in [5.74, 6) is -2.41. The Kier molecular flexibility index (Phi) is 7.93. The number of ether oxygens (including phenoxy) is 1. The van der Waals surface area contributed by atoms with Gasteiger partial charge < -0.3 is 15.4 Å². The fourth-order valence-corrected chi connectivity index (χ4v) is 4.26. The first-order valence-corrected chi connectivity index (χ1v) is 12.4. The molecule has 38 heavy (non-hydrogen) atoms. The van der Waals surface area contributed by atoms with Gasteiger partial charge in [0.1, 0.15) is 10.7 Å². The Hall–Kier alpha value is -4.43. The quantitative estimate of drug-likeness (QED) is 0.291. The Morgan fingerprint density at radius 2 is 1.55 bits per heavy atom. The second-order valence-corrected chi connectivity index (χ2v) is 9.20. The Bertz CT molecular complexity index is 1440. The molecular weight excluding hydrogens is 506 g/mol. The number of hydrogen-bond acceptors (Lipinski definition) is 6. The average Bonchev–Trinajstić information content (AvgIpc) is 3.09. The summed E-state index contributed by atoms with van der Waals surface area (Å²) in [5.41, 5.74) is 3.64. The molecule has 0 radical (unpaired) electrons. The van der Waals surface area contributed by atoms with Crippen LogP contribution in [-0.4, -0.2) is 30.3 Å². The van der Waals surface area contributed by atoms with Crippen LogP contribution in [0.2, 0.25) is 0 Å². The number of carbonyl (C=O) groups excluding carboxylic acids is 4. The van der Waals surface area contributed by atoms with E-state index in [2.05, 4.69) is 10.6 Å². The van der Waals surface area contributed by atoms with E-state index in [0.717, 1.165) is 16.0 Å². The molecule has 0 aliphatic carbocycles. The first-order valence-electron chi connectivity index (χ1n) is 12.0. The molecule has 0 unspecified atom stereocenters. The van der Waals surface area contributed by atoms with Crippen molar-refractivity contribution in [3.05, 3.63) is 99.7 Å². The Labute approximate surface area is 225 Å². The van der Waals surface area contributed by atoms with Crippen molar-refractivity contribution in [1.82, 2.24) is 0 Å². The highest BCUT2D eigenvalue weighted by Crippen LogP contribution is 2.32. The van der Waals surface area contributed by atoms with Crippen molar-refractivity contribution >= 4 is 52.4 Å². The topological polar surface area (TPSA) is 105 Å². The lowest BCUT2D eigenvalue weighted by molar-refractivity contribution is -0.120. The second kappa shape index (κ2) is 11.3. The van der Waals surface area contributed by atoms with Crippen LogP contribution in [0, 0.1) is 13.8 Å². The third kappa shape index (κ3) is 5.60. The number of nitrogens with zero attached hydrogens (tertiary/aromatic N) is 1. The van der Waals surface area contributed by atoms with E-state index in [1.165, 1.54) is 12.1 Å². The molecule has 3 aromatic rings. The highest BCUT2D eigenvalue weighted by Gasteiger charge is 2.40. The zero-order valence-electron chi connectivity index (χ0n) is 21.1. The molecule has 0 fully saturated rings. The minimum Gasteiger partial charge on any atom is -0.462 e. The van der Waals surface area contributed by atoms with Gasteiger partial charge in [0.15, 0.2) is 0 Å². The fraction of sp³-hybridized carbons (Fsp3) is 0.172. The van der Waals surface area contributed by atoms with Crippen molar-refractivity contribution in [2.45, 2.75) is 27.2 Å². The minimum absolute atomic E-state index is 0.0764. The van der Waals surface area contributed by atoms with Crippen LogP contribution in [0.3, 0.4) is 0 Å². The van der Waals surface area contributed by atoms with Gasteiger partial charge in [0, 0.05) is 16.9 Å². The van der Waals surface area contributed by atoms with Gasteiger partial charge in [0.05, 0.1) is 17.9 Å². The van der Waals surface area contributed by atoms with Crippen LogP contribution in [0.4, 0.5) is 17.1 Å². The van der Waals surface area contributed by atoms with E-state index in [9.17, 15) is 19.2 Å². The lowest BCUT2D eigenvalue weighted by Crippen LogP contribution is -2.33. The first kappa shape index (κ1) is 26.6.